The standard InChI is InChI=1S/C17H9F4NOS2/c18-13-7-2-1-4-10(13)8-14-15(23)22(16(24)25-14)12-6-3-5-11(9-12)17(19,20)21/h1-9H. The maximum absolute atomic E-state index is 13.7. The second-order valence-corrected chi connectivity index (χ2v) is 6.76. The van der Waals surface area contributed by atoms with Gasteiger partial charge < -0.3 is 0 Å². The van der Waals surface area contributed by atoms with E-state index < -0.39 is 23.5 Å². The molecule has 0 spiro atoms. The third-order valence-electron chi connectivity index (χ3n) is 3.42. The SMILES string of the molecule is O=C1C(=Cc2ccccc2F)SC(=S)N1c1cccc(C(F)(F)F)c1. The van der Waals surface area contributed by atoms with Gasteiger partial charge in [-0.15, -0.1) is 0 Å². The zero-order valence-electron chi connectivity index (χ0n) is 12.4. The number of halogens is 4. The average Bonchev–Trinajstić information content (AvgIpc) is 2.83. The Morgan fingerprint density at radius 1 is 1.08 bits per heavy atom. The van der Waals surface area contributed by atoms with Crippen LogP contribution in [0.3, 0.4) is 0 Å². The summed E-state index contributed by atoms with van der Waals surface area (Å²) >= 11 is 6.03. The van der Waals surface area contributed by atoms with Crippen LogP contribution in [0, 0.1) is 5.82 Å². The minimum Gasteiger partial charge on any atom is -0.268 e. The molecule has 1 amide bonds. The lowest BCUT2D eigenvalue weighted by molar-refractivity contribution is -0.137. The van der Waals surface area contributed by atoms with Crippen LogP contribution in [-0.2, 0) is 11.0 Å². The van der Waals surface area contributed by atoms with Gasteiger partial charge in [0.15, 0.2) is 4.32 Å². The topological polar surface area (TPSA) is 20.3 Å². The lowest BCUT2D eigenvalue weighted by Crippen LogP contribution is -2.27. The average molecular weight is 383 g/mol. The summed E-state index contributed by atoms with van der Waals surface area (Å²) in [6, 6.07) is 10.2. The Bertz CT molecular complexity index is 892. The fraction of sp³-hybridized carbons (Fsp3) is 0.0588. The molecule has 1 aliphatic heterocycles. The molecular formula is C17H9F4NOS2. The van der Waals surface area contributed by atoms with Crippen LogP contribution in [0.4, 0.5) is 23.2 Å². The number of hydrogen-bond donors (Lipinski definition) is 0. The highest BCUT2D eigenvalue weighted by atomic mass is 32.2. The molecule has 8 heteroatoms. The van der Waals surface area contributed by atoms with E-state index in [1.165, 1.54) is 36.4 Å². The van der Waals surface area contributed by atoms with Gasteiger partial charge in [-0.25, -0.2) is 4.39 Å². The maximum atomic E-state index is 13.7. The molecule has 2 aromatic rings. The number of thioether (sulfide) groups is 1. The lowest BCUT2D eigenvalue weighted by Gasteiger charge is -2.16. The fourth-order valence-electron chi connectivity index (χ4n) is 2.25. The molecule has 2 nitrogen and oxygen atoms in total. The first kappa shape index (κ1) is 17.6. The molecule has 0 atom stereocenters. The second kappa shape index (κ2) is 6.61. The highest BCUT2D eigenvalue weighted by molar-refractivity contribution is 8.27. The molecule has 0 unspecified atom stereocenters. The van der Waals surface area contributed by atoms with Crippen molar-refractivity contribution in [1.82, 2.24) is 0 Å². The molecule has 1 heterocycles. The van der Waals surface area contributed by atoms with E-state index in [0.29, 0.717) is 0 Å². The van der Waals surface area contributed by atoms with Gasteiger partial charge in [0.2, 0.25) is 0 Å². The molecule has 1 saturated heterocycles. The molecule has 0 bridgehead atoms. The monoisotopic (exact) mass is 383 g/mol. The smallest absolute Gasteiger partial charge is 0.268 e. The van der Waals surface area contributed by atoms with Crippen molar-refractivity contribution >= 4 is 46.0 Å². The van der Waals surface area contributed by atoms with Crippen LogP contribution in [0.25, 0.3) is 6.08 Å². The van der Waals surface area contributed by atoms with E-state index in [0.717, 1.165) is 28.8 Å². The normalized spacial score (nSPS) is 16.8. The van der Waals surface area contributed by atoms with Crippen molar-refractivity contribution in [2.75, 3.05) is 4.90 Å². The lowest BCUT2D eigenvalue weighted by atomic mass is 10.1. The van der Waals surface area contributed by atoms with Crippen molar-refractivity contribution in [3.8, 4) is 0 Å². The molecule has 25 heavy (non-hydrogen) atoms. The van der Waals surface area contributed by atoms with Crippen molar-refractivity contribution in [3.05, 3.63) is 70.4 Å². The van der Waals surface area contributed by atoms with E-state index in [1.807, 2.05) is 0 Å². The molecule has 1 aliphatic rings. The van der Waals surface area contributed by atoms with Crippen LogP contribution in [-0.4, -0.2) is 10.2 Å². The maximum Gasteiger partial charge on any atom is 0.416 e. The Balaban J connectivity index is 1.96. The summed E-state index contributed by atoms with van der Waals surface area (Å²) < 4.78 is 52.4. The highest BCUT2D eigenvalue weighted by Gasteiger charge is 2.36. The van der Waals surface area contributed by atoms with Gasteiger partial charge in [-0.1, -0.05) is 48.2 Å². The van der Waals surface area contributed by atoms with Crippen molar-refractivity contribution in [3.63, 3.8) is 0 Å². The van der Waals surface area contributed by atoms with Crippen LogP contribution in [0.15, 0.2) is 53.4 Å². The molecule has 0 saturated carbocycles. The quantitative estimate of drug-likeness (QED) is 0.401. The zero-order chi connectivity index (χ0) is 18.2. The van der Waals surface area contributed by atoms with E-state index in [9.17, 15) is 22.4 Å². The van der Waals surface area contributed by atoms with E-state index in [4.69, 9.17) is 12.2 Å². The fourth-order valence-corrected chi connectivity index (χ4v) is 3.53. The number of thiocarbonyl (C=S) groups is 1. The summed E-state index contributed by atoms with van der Waals surface area (Å²) in [7, 11) is 0. The second-order valence-electron chi connectivity index (χ2n) is 5.09. The van der Waals surface area contributed by atoms with Crippen LogP contribution < -0.4 is 4.90 Å². The summed E-state index contributed by atoms with van der Waals surface area (Å²) in [5.74, 6) is -1.09. The Morgan fingerprint density at radius 3 is 2.48 bits per heavy atom. The molecule has 0 radical (unpaired) electrons. The number of rotatable bonds is 2. The number of alkyl halides is 3. The minimum atomic E-state index is -4.53. The molecular weight excluding hydrogens is 374 g/mol. The molecule has 0 aliphatic carbocycles. The van der Waals surface area contributed by atoms with E-state index in [1.54, 1.807) is 6.07 Å². The summed E-state index contributed by atoms with van der Waals surface area (Å²) in [6.45, 7) is 0. The van der Waals surface area contributed by atoms with Crippen molar-refractivity contribution in [2.45, 2.75) is 6.18 Å². The van der Waals surface area contributed by atoms with Gasteiger partial charge in [0.1, 0.15) is 5.82 Å². The summed E-state index contributed by atoms with van der Waals surface area (Å²) in [5, 5.41) is 0. The van der Waals surface area contributed by atoms with Crippen LogP contribution >= 0.6 is 24.0 Å². The first-order valence-electron chi connectivity index (χ1n) is 6.97. The molecule has 0 aromatic heterocycles. The first-order valence-corrected chi connectivity index (χ1v) is 8.19. The van der Waals surface area contributed by atoms with Gasteiger partial charge >= 0.3 is 6.18 Å². The van der Waals surface area contributed by atoms with Gasteiger partial charge in [0, 0.05) is 5.56 Å². The number of amides is 1. The third-order valence-corrected chi connectivity index (χ3v) is 4.72. The van der Waals surface area contributed by atoms with Crippen LogP contribution in [0.2, 0.25) is 0 Å². The predicted molar refractivity (Wildman–Crippen MR) is 93.5 cm³/mol. The molecule has 0 N–H and O–H groups in total. The van der Waals surface area contributed by atoms with Gasteiger partial charge in [0.05, 0.1) is 16.2 Å². The molecule has 2 aromatic carbocycles. The first-order chi connectivity index (χ1) is 11.8. The summed E-state index contributed by atoms with van der Waals surface area (Å²) in [6.07, 6.45) is -3.19. The van der Waals surface area contributed by atoms with E-state index in [2.05, 4.69) is 0 Å². The Morgan fingerprint density at radius 2 is 1.80 bits per heavy atom. The van der Waals surface area contributed by atoms with Crippen LogP contribution in [0.5, 0.6) is 0 Å². The number of carbonyl (C=O) groups excluding carboxylic acids is 1. The Labute approximate surface area is 150 Å². The number of carbonyl (C=O) groups is 1. The van der Waals surface area contributed by atoms with E-state index in [-0.39, 0.29) is 20.5 Å². The third kappa shape index (κ3) is 3.59. The molecule has 3 rings (SSSR count). The van der Waals surface area contributed by atoms with Crippen molar-refractivity contribution in [2.24, 2.45) is 0 Å². The largest absolute Gasteiger partial charge is 0.416 e. The van der Waals surface area contributed by atoms with Crippen LogP contribution in [0.1, 0.15) is 11.1 Å². The predicted octanol–water partition coefficient (Wildman–Crippen LogP) is 5.25. The molecule has 128 valence electrons. The van der Waals surface area contributed by atoms with Gasteiger partial charge in [-0.2, -0.15) is 13.2 Å². The number of nitrogens with zero attached hydrogens (tertiary/aromatic N) is 1. The summed E-state index contributed by atoms with van der Waals surface area (Å²) in [5.41, 5.74) is -0.654. The van der Waals surface area contributed by atoms with Gasteiger partial charge in [-0.3, -0.25) is 9.69 Å². The van der Waals surface area contributed by atoms with Crippen molar-refractivity contribution < 1.29 is 22.4 Å². The zero-order valence-corrected chi connectivity index (χ0v) is 14.0. The molecule has 1 fully saturated rings. The Kier molecular flexibility index (Phi) is 4.66. The number of anilines is 1. The van der Waals surface area contributed by atoms with Gasteiger partial charge in [-0.05, 0) is 30.3 Å². The highest BCUT2D eigenvalue weighted by Crippen LogP contribution is 2.38. The van der Waals surface area contributed by atoms with E-state index >= 15 is 0 Å². The number of hydrogen-bond acceptors (Lipinski definition) is 3. The Hall–Kier alpha value is -2.19. The van der Waals surface area contributed by atoms with Gasteiger partial charge in [0.25, 0.3) is 5.91 Å². The van der Waals surface area contributed by atoms with Crippen molar-refractivity contribution in [1.29, 1.82) is 0 Å². The number of benzene rings is 2. The summed E-state index contributed by atoms with van der Waals surface area (Å²) in [4.78, 5) is 13.7. The minimum absolute atomic E-state index is 0.0225.